The smallest absolute Gasteiger partial charge is 0.163 e. The van der Waals surface area contributed by atoms with Crippen LogP contribution in [0.5, 0.6) is 5.75 Å². The van der Waals surface area contributed by atoms with Crippen LogP contribution in [0.2, 0.25) is 5.02 Å². The number of unbranched alkanes of at least 4 members (excludes halogenated alkanes) is 1. The lowest BCUT2D eigenvalue weighted by molar-refractivity contribution is 0.101. The van der Waals surface area contributed by atoms with Crippen molar-refractivity contribution in [3.8, 4) is 5.75 Å². The third-order valence-corrected chi connectivity index (χ3v) is 3.39. The third-order valence-electron chi connectivity index (χ3n) is 3.11. The molecule has 1 unspecified atom stereocenters. The Hall–Kier alpha value is -1.13. The van der Waals surface area contributed by atoms with E-state index < -0.39 is 11.9 Å². The van der Waals surface area contributed by atoms with Crippen LogP contribution in [0.1, 0.15) is 62.0 Å². The van der Waals surface area contributed by atoms with Gasteiger partial charge in [0, 0.05) is 11.6 Å². The second kappa shape index (κ2) is 7.60. The predicted octanol–water partition coefficient (Wildman–Crippen LogP) is 4.27. The first-order valence-electron chi connectivity index (χ1n) is 6.85. The number of nitrogens with two attached hydrogens (primary N) is 1. The van der Waals surface area contributed by atoms with E-state index in [-0.39, 0.29) is 27.7 Å². The minimum absolute atomic E-state index is 0.0967. The normalized spacial score (nSPS) is 12.3. The molecule has 0 aliphatic heterocycles. The summed E-state index contributed by atoms with van der Waals surface area (Å²) < 4.78 is 19.8. The number of halogens is 2. The standard InChI is InChI=1S/C15H21ClFNO2/c1-4-6-7-12(18)13-14(17)11(16)8-10(9(3)19)15(13)20-5-2/h8,12H,4-7,18H2,1-3H3. The molecule has 2 N–H and O–H groups in total. The van der Waals surface area contributed by atoms with Crippen LogP contribution >= 0.6 is 11.6 Å². The fourth-order valence-electron chi connectivity index (χ4n) is 2.09. The Balaban J connectivity index is 3.40. The van der Waals surface area contributed by atoms with Crippen LogP contribution in [0.15, 0.2) is 6.07 Å². The summed E-state index contributed by atoms with van der Waals surface area (Å²) in [6.07, 6.45) is 2.44. The molecule has 0 aliphatic carbocycles. The Bertz CT molecular complexity index is 491. The molecule has 3 nitrogen and oxygen atoms in total. The van der Waals surface area contributed by atoms with E-state index in [1.54, 1.807) is 6.92 Å². The number of carbonyl (C=O) groups is 1. The molecular formula is C15H21ClFNO2. The monoisotopic (exact) mass is 301 g/mol. The molecule has 0 heterocycles. The van der Waals surface area contributed by atoms with Gasteiger partial charge in [-0.3, -0.25) is 4.79 Å². The highest BCUT2D eigenvalue weighted by molar-refractivity contribution is 6.31. The van der Waals surface area contributed by atoms with Gasteiger partial charge in [0.1, 0.15) is 11.6 Å². The fourth-order valence-corrected chi connectivity index (χ4v) is 2.30. The molecule has 0 amide bonds. The molecule has 0 saturated carbocycles. The Kier molecular flexibility index (Phi) is 6.43. The Labute approximate surface area is 124 Å². The molecule has 1 atom stereocenters. The summed E-state index contributed by atoms with van der Waals surface area (Å²) in [5.41, 5.74) is 6.55. The van der Waals surface area contributed by atoms with Crippen molar-refractivity contribution in [3.05, 3.63) is 28.0 Å². The van der Waals surface area contributed by atoms with E-state index >= 15 is 0 Å². The van der Waals surface area contributed by atoms with E-state index in [0.717, 1.165) is 12.8 Å². The average molecular weight is 302 g/mol. The Morgan fingerprint density at radius 2 is 2.15 bits per heavy atom. The average Bonchev–Trinajstić information content (AvgIpc) is 2.40. The summed E-state index contributed by atoms with van der Waals surface area (Å²) in [4.78, 5) is 11.7. The van der Waals surface area contributed by atoms with Gasteiger partial charge in [-0.1, -0.05) is 31.4 Å². The zero-order valence-electron chi connectivity index (χ0n) is 12.1. The predicted molar refractivity (Wildman–Crippen MR) is 79.0 cm³/mol. The molecule has 20 heavy (non-hydrogen) atoms. The second-order valence-corrected chi connectivity index (χ2v) is 5.11. The summed E-state index contributed by atoms with van der Waals surface area (Å²) >= 11 is 5.87. The molecule has 0 fully saturated rings. The highest BCUT2D eigenvalue weighted by atomic mass is 35.5. The molecule has 0 aromatic heterocycles. The molecular weight excluding hydrogens is 281 g/mol. The lowest BCUT2D eigenvalue weighted by atomic mass is 9.96. The molecule has 0 radical (unpaired) electrons. The largest absolute Gasteiger partial charge is 0.493 e. The van der Waals surface area contributed by atoms with Crippen molar-refractivity contribution in [2.24, 2.45) is 5.73 Å². The zero-order valence-corrected chi connectivity index (χ0v) is 12.9. The molecule has 1 rings (SSSR count). The van der Waals surface area contributed by atoms with E-state index in [4.69, 9.17) is 22.1 Å². The van der Waals surface area contributed by atoms with Crippen molar-refractivity contribution >= 4 is 17.4 Å². The number of carbonyl (C=O) groups excluding carboxylic acids is 1. The van der Waals surface area contributed by atoms with Gasteiger partial charge in [0.25, 0.3) is 0 Å². The minimum atomic E-state index is -0.594. The topological polar surface area (TPSA) is 52.3 Å². The van der Waals surface area contributed by atoms with Crippen LogP contribution < -0.4 is 10.5 Å². The number of Topliss-reactive ketones (excluding diaryl/α,β-unsaturated/α-hetero) is 1. The fraction of sp³-hybridized carbons (Fsp3) is 0.533. The highest BCUT2D eigenvalue weighted by Gasteiger charge is 2.24. The summed E-state index contributed by atoms with van der Waals surface area (Å²) in [5, 5.41) is -0.0967. The number of hydrogen-bond acceptors (Lipinski definition) is 3. The molecule has 0 aliphatic rings. The second-order valence-electron chi connectivity index (χ2n) is 4.70. The van der Waals surface area contributed by atoms with E-state index in [9.17, 15) is 9.18 Å². The zero-order chi connectivity index (χ0) is 15.3. The van der Waals surface area contributed by atoms with Crippen LogP contribution in [-0.2, 0) is 0 Å². The number of hydrogen-bond donors (Lipinski definition) is 1. The Morgan fingerprint density at radius 3 is 2.65 bits per heavy atom. The summed E-state index contributed by atoms with van der Waals surface area (Å²) in [6.45, 7) is 5.53. The molecule has 0 saturated heterocycles. The molecule has 0 bridgehead atoms. The van der Waals surface area contributed by atoms with Gasteiger partial charge in [0.05, 0.1) is 17.2 Å². The van der Waals surface area contributed by atoms with Crippen molar-refractivity contribution in [1.82, 2.24) is 0 Å². The van der Waals surface area contributed by atoms with Crippen LogP contribution in [0.25, 0.3) is 0 Å². The minimum Gasteiger partial charge on any atom is -0.493 e. The summed E-state index contributed by atoms with van der Waals surface area (Å²) in [6, 6.07) is 0.772. The molecule has 1 aromatic carbocycles. The van der Waals surface area contributed by atoms with E-state index in [1.807, 2.05) is 6.92 Å². The van der Waals surface area contributed by atoms with Crippen molar-refractivity contribution in [2.45, 2.75) is 46.1 Å². The van der Waals surface area contributed by atoms with Crippen LogP contribution in [-0.4, -0.2) is 12.4 Å². The maximum absolute atomic E-state index is 14.3. The Morgan fingerprint density at radius 1 is 1.50 bits per heavy atom. The van der Waals surface area contributed by atoms with Crippen LogP contribution in [0.3, 0.4) is 0 Å². The van der Waals surface area contributed by atoms with E-state index in [2.05, 4.69) is 0 Å². The first-order valence-corrected chi connectivity index (χ1v) is 7.22. The third kappa shape index (κ3) is 3.70. The molecule has 0 spiro atoms. The van der Waals surface area contributed by atoms with Crippen molar-refractivity contribution in [2.75, 3.05) is 6.61 Å². The van der Waals surface area contributed by atoms with Crippen molar-refractivity contribution < 1.29 is 13.9 Å². The first kappa shape index (κ1) is 16.9. The molecule has 1 aromatic rings. The first-order chi connectivity index (χ1) is 9.43. The van der Waals surface area contributed by atoms with Gasteiger partial charge in [-0.25, -0.2) is 4.39 Å². The summed E-state index contributed by atoms with van der Waals surface area (Å²) in [5.74, 6) is -0.589. The number of ketones is 1. The number of ether oxygens (including phenoxy) is 1. The quantitative estimate of drug-likeness (QED) is 0.765. The van der Waals surface area contributed by atoms with Gasteiger partial charge in [0.2, 0.25) is 0 Å². The van der Waals surface area contributed by atoms with E-state index in [0.29, 0.717) is 13.0 Å². The van der Waals surface area contributed by atoms with Gasteiger partial charge in [-0.2, -0.15) is 0 Å². The summed E-state index contributed by atoms with van der Waals surface area (Å²) in [7, 11) is 0. The lowest BCUT2D eigenvalue weighted by Crippen LogP contribution is -2.16. The maximum atomic E-state index is 14.3. The highest BCUT2D eigenvalue weighted by Crippen LogP contribution is 2.37. The molecule has 5 heteroatoms. The van der Waals surface area contributed by atoms with Gasteiger partial charge < -0.3 is 10.5 Å². The lowest BCUT2D eigenvalue weighted by Gasteiger charge is -2.20. The van der Waals surface area contributed by atoms with Gasteiger partial charge in [-0.15, -0.1) is 0 Å². The maximum Gasteiger partial charge on any atom is 0.163 e. The van der Waals surface area contributed by atoms with Gasteiger partial charge in [-0.05, 0) is 26.3 Å². The van der Waals surface area contributed by atoms with Crippen LogP contribution in [0, 0.1) is 5.82 Å². The number of benzene rings is 1. The van der Waals surface area contributed by atoms with Crippen molar-refractivity contribution in [3.63, 3.8) is 0 Å². The van der Waals surface area contributed by atoms with E-state index in [1.165, 1.54) is 13.0 Å². The number of rotatable bonds is 7. The van der Waals surface area contributed by atoms with Crippen molar-refractivity contribution in [1.29, 1.82) is 0 Å². The van der Waals surface area contributed by atoms with Gasteiger partial charge in [0.15, 0.2) is 5.78 Å². The van der Waals surface area contributed by atoms with Gasteiger partial charge >= 0.3 is 0 Å². The SMILES string of the molecule is CCCCC(N)c1c(F)c(Cl)cc(C(C)=O)c1OCC. The van der Waals surface area contributed by atoms with Crippen LogP contribution in [0.4, 0.5) is 4.39 Å². The molecule has 112 valence electrons.